The Morgan fingerprint density at radius 3 is 2.86 bits per heavy atom. The van der Waals surface area contributed by atoms with E-state index >= 15 is 0 Å². The zero-order valence-corrected chi connectivity index (χ0v) is 11.0. The van der Waals surface area contributed by atoms with Crippen LogP contribution in [0, 0.1) is 0 Å². The molecule has 1 unspecified atom stereocenters. The molecule has 2 nitrogen and oxygen atoms in total. The zero-order valence-electron chi connectivity index (χ0n) is 8.63. The summed E-state index contributed by atoms with van der Waals surface area (Å²) in [5.41, 5.74) is 1.16. The van der Waals surface area contributed by atoms with Gasteiger partial charge in [-0.2, -0.15) is 5.10 Å². The third-order valence-corrected chi connectivity index (χ3v) is 3.76. The van der Waals surface area contributed by atoms with Crippen molar-refractivity contribution < 1.29 is 0 Å². The van der Waals surface area contributed by atoms with Gasteiger partial charge >= 0.3 is 0 Å². The summed E-state index contributed by atoms with van der Waals surface area (Å²) in [4.78, 5) is 0.582. The quantitative estimate of drug-likeness (QED) is 0.752. The lowest BCUT2D eigenvalue weighted by atomic mass is 10.1. The predicted octanol–water partition coefficient (Wildman–Crippen LogP) is 3.66. The van der Waals surface area contributed by atoms with Crippen molar-refractivity contribution in [3.63, 3.8) is 0 Å². The van der Waals surface area contributed by atoms with Crippen LogP contribution in [0.2, 0.25) is 5.02 Å². The standard InChI is InChI=1S/C10H16BrClN2/c1-3-8(11)5-6-10-9(12)7-13-14(10)4-2/h7-8H,3-6H2,1-2H3. The van der Waals surface area contributed by atoms with Gasteiger partial charge < -0.3 is 0 Å². The highest BCUT2D eigenvalue weighted by atomic mass is 79.9. The summed E-state index contributed by atoms with van der Waals surface area (Å²) in [6.45, 7) is 5.15. The van der Waals surface area contributed by atoms with Gasteiger partial charge in [-0.05, 0) is 26.2 Å². The van der Waals surface area contributed by atoms with Crippen molar-refractivity contribution >= 4 is 27.5 Å². The van der Waals surface area contributed by atoms with Gasteiger partial charge in [-0.25, -0.2) is 0 Å². The summed E-state index contributed by atoms with van der Waals surface area (Å²) in [6.07, 6.45) is 4.99. The van der Waals surface area contributed by atoms with E-state index in [1.807, 2.05) is 4.68 Å². The van der Waals surface area contributed by atoms with Gasteiger partial charge in [-0.15, -0.1) is 0 Å². The maximum atomic E-state index is 6.05. The van der Waals surface area contributed by atoms with Crippen LogP contribution in [0.25, 0.3) is 0 Å². The Balaban J connectivity index is 2.60. The Bertz CT molecular complexity index is 286. The summed E-state index contributed by atoms with van der Waals surface area (Å²) in [6, 6.07) is 0. The van der Waals surface area contributed by atoms with Gasteiger partial charge in [0.15, 0.2) is 0 Å². The third-order valence-electron chi connectivity index (χ3n) is 2.33. The minimum Gasteiger partial charge on any atom is -0.268 e. The highest BCUT2D eigenvalue weighted by Crippen LogP contribution is 2.20. The predicted molar refractivity (Wildman–Crippen MR) is 64.2 cm³/mol. The van der Waals surface area contributed by atoms with Crippen molar-refractivity contribution in [2.45, 2.75) is 44.5 Å². The van der Waals surface area contributed by atoms with Crippen molar-refractivity contribution in [3.8, 4) is 0 Å². The van der Waals surface area contributed by atoms with Gasteiger partial charge in [0.1, 0.15) is 0 Å². The molecule has 0 aromatic carbocycles. The van der Waals surface area contributed by atoms with Gasteiger partial charge in [-0.1, -0.05) is 34.5 Å². The van der Waals surface area contributed by atoms with E-state index in [-0.39, 0.29) is 0 Å². The number of hydrogen-bond acceptors (Lipinski definition) is 1. The van der Waals surface area contributed by atoms with E-state index < -0.39 is 0 Å². The Hall–Kier alpha value is -0.0200. The molecule has 80 valence electrons. The summed E-state index contributed by atoms with van der Waals surface area (Å²) < 4.78 is 1.97. The summed E-state index contributed by atoms with van der Waals surface area (Å²) in [5, 5.41) is 5.00. The molecule has 0 aliphatic rings. The van der Waals surface area contributed by atoms with Crippen LogP contribution in [0.15, 0.2) is 6.20 Å². The Morgan fingerprint density at radius 2 is 2.29 bits per heavy atom. The number of halogens is 2. The van der Waals surface area contributed by atoms with E-state index in [4.69, 9.17) is 11.6 Å². The first-order valence-corrected chi connectivity index (χ1v) is 6.32. The van der Waals surface area contributed by atoms with E-state index in [2.05, 4.69) is 34.9 Å². The van der Waals surface area contributed by atoms with Crippen LogP contribution in [0.3, 0.4) is 0 Å². The number of hydrogen-bond donors (Lipinski definition) is 0. The van der Waals surface area contributed by atoms with Crippen LogP contribution in [0.4, 0.5) is 0 Å². The van der Waals surface area contributed by atoms with Gasteiger partial charge in [0.05, 0.1) is 16.9 Å². The molecule has 0 saturated carbocycles. The van der Waals surface area contributed by atoms with Crippen LogP contribution in [0.1, 0.15) is 32.4 Å². The van der Waals surface area contributed by atoms with E-state index in [0.29, 0.717) is 4.83 Å². The molecule has 1 aromatic heterocycles. The number of aromatic nitrogens is 2. The summed E-state index contributed by atoms with van der Waals surface area (Å²) in [5.74, 6) is 0. The lowest BCUT2D eigenvalue weighted by Crippen LogP contribution is -2.06. The van der Waals surface area contributed by atoms with E-state index in [1.165, 1.54) is 0 Å². The van der Waals surface area contributed by atoms with E-state index in [1.54, 1.807) is 6.20 Å². The van der Waals surface area contributed by atoms with Crippen LogP contribution < -0.4 is 0 Å². The van der Waals surface area contributed by atoms with E-state index in [9.17, 15) is 0 Å². The van der Waals surface area contributed by atoms with Gasteiger partial charge in [0.25, 0.3) is 0 Å². The van der Waals surface area contributed by atoms with Crippen molar-refractivity contribution in [1.29, 1.82) is 0 Å². The van der Waals surface area contributed by atoms with Crippen molar-refractivity contribution in [3.05, 3.63) is 16.9 Å². The summed E-state index contributed by atoms with van der Waals surface area (Å²) in [7, 11) is 0. The lowest BCUT2D eigenvalue weighted by Gasteiger charge is -2.08. The van der Waals surface area contributed by atoms with Crippen LogP contribution in [0.5, 0.6) is 0 Å². The highest BCUT2D eigenvalue weighted by Gasteiger charge is 2.09. The number of rotatable bonds is 5. The largest absolute Gasteiger partial charge is 0.268 e. The normalized spacial score (nSPS) is 13.1. The second-order valence-corrected chi connectivity index (χ2v) is 5.00. The van der Waals surface area contributed by atoms with Crippen LogP contribution in [-0.4, -0.2) is 14.6 Å². The lowest BCUT2D eigenvalue weighted by molar-refractivity contribution is 0.604. The Kier molecular flexibility index (Phi) is 4.96. The maximum absolute atomic E-state index is 6.05. The van der Waals surface area contributed by atoms with Crippen molar-refractivity contribution in [2.24, 2.45) is 0 Å². The topological polar surface area (TPSA) is 17.8 Å². The molecule has 0 spiro atoms. The molecule has 0 saturated heterocycles. The fourth-order valence-corrected chi connectivity index (χ4v) is 1.87. The molecule has 1 aromatic rings. The molecule has 1 atom stereocenters. The minimum absolute atomic E-state index is 0.582. The molecule has 14 heavy (non-hydrogen) atoms. The molecule has 1 heterocycles. The second-order valence-electron chi connectivity index (χ2n) is 3.30. The first kappa shape index (κ1) is 12.1. The van der Waals surface area contributed by atoms with Crippen molar-refractivity contribution in [1.82, 2.24) is 9.78 Å². The van der Waals surface area contributed by atoms with E-state index in [0.717, 1.165) is 36.5 Å². The average Bonchev–Trinajstić information content (AvgIpc) is 2.55. The second kappa shape index (κ2) is 5.76. The highest BCUT2D eigenvalue weighted by molar-refractivity contribution is 9.09. The minimum atomic E-state index is 0.582. The SMILES string of the molecule is CCC(Br)CCc1c(Cl)cnn1CC. The molecular weight excluding hydrogens is 263 g/mol. The first-order chi connectivity index (χ1) is 6.69. The first-order valence-electron chi connectivity index (χ1n) is 5.03. The summed E-state index contributed by atoms with van der Waals surface area (Å²) >= 11 is 9.67. The molecule has 0 aliphatic carbocycles. The molecule has 0 N–H and O–H groups in total. The Labute approximate surface area is 98.8 Å². The number of aryl methyl sites for hydroxylation is 1. The number of alkyl halides is 1. The zero-order chi connectivity index (χ0) is 10.6. The molecule has 1 rings (SSSR count). The van der Waals surface area contributed by atoms with Crippen molar-refractivity contribution in [2.75, 3.05) is 0 Å². The molecule has 0 bridgehead atoms. The number of nitrogens with zero attached hydrogens (tertiary/aromatic N) is 2. The van der Waals surface area contributed by atoms with Crippen LogP contribution >= 0.6 is 27.5 Å². The molecule has 4 heteroatoms. The maximum Gasteiger partial charge on any atom is 0.0817 e. The molecule has 0 radical (unpaired) electrons. The Morgan fingerprint density at radius 1 is 1.57 bits per heavy atom. The van der Waals surface area contributed by atoms with Crippen LogP contribution in [-0.2, 0) is 13.0 Å². The molecule has 0 fully saturated rings. The van der Waals surface area contributed by atoms with Gasteiger partial charge in [-0.3, -0.25) is 4.68 Å². The smallest absolute Gasteiger partial charge is 0.0817 e. The molecule has 0 amide bonds. The van der Waals surface area contributed by atoms with Gasteiger partial charge in [0, 0.05) is 11.4 Å². The fourth-order valence-electron chi connectivity index (χ4n) is 1.41. The third kappa shape index (κ3) is 2.99. The molecular formula is C10H16BrClN2. The average molecular weight is 280 g/mol. The van der Waals surface area contributed by atoms with Gasteiger partial charge in [0.2, 0.25) is 0 Å². The monoisotopic (exact) mass is 278 g/mol. The molecule has 0 aliphatic heterocycles. The fraction of sp³-hybridized carbons (Fsp3) is 0.700.